The summed E-state index contributed by atoms with van der Waals surface area (Å²) in [5.74, 6) is -0.0551. The van der Waals surface area contributed by atoms with Crippen LogP contribution in [0.25, 0.3) is 11.2 Å². The number of methoxy groups -OCH3 is 1. The Hall–Kier alpha value is -3.19. The molecule has 30 heavy (non-hydrogen) atoms. The molecule has 0 spiro atoms. The maximum absolute atomic E-state index is 10.3. The van der Waals surface area contributed by atoms with Gasteiger partial charge in [-0.15, -0.1) is 0 Å². The van der Waals surface area contributed by atoms with E-state index in [-0.39, 0.29) is 23.8 Å². The van der Waals surface area contributed by atoms with Crippen molar-refractivity contribution in [3.63, 3.8) is 0 Å². The van der Waals surface area contributed by atoms with E-state index in [1.54, 1.807) is 0 Å². The van der Waals surface area contributed by atoms with Crippen LogP contribution in [0.2, 0.25) is 0 Å². The van der Waals surface area contributed by atoms with Gasteiger partial charge < -0.3 is 40.3 Å². The van der Waals surface area contributed by atoms with Crippen molar-refractivity contribution in [1.82, 2.24) is 19.5 Å². The van der Waals surface area contributed by atoms with Gasteiger partial charge in [0, 0.05) is 12.1 Å². The van der Waals surface area contributed by atoms with Crippen molar-refractivity contribution in [3.05, 3.63) is 30.4 Å². The molecule has 0 amide bonds. The van der Waals surface area contributed by atoms with Crippen LogP contribution in [0.3, 0.4) is 0 Å². The second kappa shape index (κ2) is 7.91. The Morgan fingerprint density at radius 2 is 1.97 bits per heavy atom. The standard InChI is InChI=1S/C18H21N5O7/c1-29-15-9(25)3-2-8(12(15)26)4-19-16-11-17(21-6-20-16)23(7-22-11)18-14(28)13(27)10(5-24)30-18/h2-3,6-7,10,13-14,18,24-28H,4-5H2,1H3,(H,19,20,21)/t10-,13-,14-,18-/m1/s1. The van der Waals surface area contributed by atoms with Crippen molar-refractivity contribution in [2.45, 2.75) is 31.1 Å². The van der Waals surface area contributed by atoms with Crippen LogP contribution in [0.4, 0.5) is 5.82 Å². The van der Waals surface area contributed by atoms with Gasteiger partial charge in [-0.25, -0.2) is 15.0 Å². The van der Waals surface area contributed by atoms with Crippen molar-refractivity contribution in [3.8, 4) is 17.2 Å². The number of phenols is 2. The number of anilines is 1. The number of aromatic hydroxyl groups is 2. The first-order valence-corrected chi connectivity index (χ1v) is 9.08. The second-order valence-corrected chi connectivity index (χ2v) is 6.75. The van der Waals surface area contributed by atoms with Crippen molar-refractivity contribution >= 4 is 17.0 Å². The number of nitrogens with one attached hydrogen (secondary N) is 1. The zero-order valence-electron chi connectivity index (χ0n) is 15.9. The van der Waals surface area contributed by atoms with Crippen LogP contribution in [-0.4, -0.2) is 77.1 Å². The predicted molar refractivity (Wildman–Crippen MR) is 102 cm³/mol. The van der Waals surface area contributed by atoms with Crippen LogP contribution >= 0.6 is 0 Å². The molecule has 1 aromatic carbocycles. The molecule has 0 radical (unpaired) electrons. The third-order valence-corrected chi connectivity index (χ3v) is 4.99. The van der Waals surface area contributed by atoms with Crippen molar-refractivity contribution in [2.75, 3.05) is 19.0 Å². The summed E-state index contributed by atoms with van der Waals surface area (Å²) in [5, 5.41) is 52.5. The van der Waals surface area contributed by atoms with E-state index in [1.807, 2.05) is 0 Å². The summed E-state index contributed by atoms with van der Waals surface area (Å²) in [6, 6.07) is 2.94. The topological polar surface area (TPSA) is 175 Å². The summed E-state index contributed by atoms with van der Waals surface area (Å²) in [5.41, 5.74) is 1.18. The highest BCUT2D eigenvalue weighted by molar-refractivity contribution is 5.82. The number of hydrogen-bond acceptors (Lipinski definition) is 11. The molecule has 1 aliphatic heterocycles. The SMILES string of the molecule is COc1c(O)ccc(CNc2ncnc3c2ncn3[C@@H]2O[C@H](CO)[C@@H](O)[C@H]2O)c1O. The highest BCUT2D eigenvalue weighted by atomic mass is 16.6. The Balaban J connectivity index is 1.60. The van der Waals surface area contributed by atoms with Crippen LogP contribution in [0.15, 0.2) is 24.8 Å². The zero-order valence-corrected chi connectivity index (χ0v) is 15.9. The number of hydrogen-bond donors (Lipinski definition) is 6. The van der Waals surface area contributed by atoms with Crippen LogP contribution in [0, 0.1) is 0 Å². The third-order valence-electron chi connectivity index (χ3n) is 4.99. The van der Waals surface area contributed by atoms with E-state index < -0.39 is 31.1 Å². The molecular weight excluding hydrogens is 398 g/mol. The average molecular weight is 419 g/mol. The largest absolute Gasteiger partial charge is 0.504 e. The summed E-state index contributed by atoms with van der Waals surface area (Å²) in [4.78, 5) is 12.6. The Labute approximate surface area is 170 Å². The maximum Gasteiger partial charge on any atom is 0.203 e. The molecule has 12 heteroatoms. The highest BCUT2D eigenvalue weighted by Gasteiger charge is 2.44. The van der Waals surface area contributed by atoms with Crippen LogP contribution in [0.1, 0.15) is 11.8 Å². The van der Waals surface area contributed by atoms with E-state index in [9.17, 15) is 25.5 Å². The Bertz CT molecular complexity index is 1060. The molecular formula is C18H21N5O7. The number of phenolic OH excluding ortho intramolecular Hbond substituents is 2. The minimum atomic E-state index is -1.27. The van der Waals surface area contributed by atoms with Gasteiger partial charge in [-0.05, 0) is 12.1 Å². The van der Waals surface area contributed by atoms with Crippen molar-refractivity contribution in [1.29, 1.82) is 0 Å². The van der Waals surface area contributed by atoms with E-state index in [0.717, 1.165) is 0 Å². The number of nitrogens with zero attached hydrogens (tertiary/aromatic N) is 4. The third kappa shape index (κ3) is 3.25. The number of imidazole rings is 1. The van der Waals surface area contributed by atoms with Crippen LogP contribution in [0.5, 0.6) is 17.2 Å². The van der Waals surface area contributed by atoms with E-state index in [4.69, 9.17) is 9.47 Å². The van der Waals surface area contributed by atoms with Crippen molar-refractivity contribution in [2.24, 2.45) is 0 Å². The second-order valence-electron chi connectivity index (χ2n) is 6.75. The van der Waals surface area contributed by atoms with Crippen LogP contribution in [-0.2, 0) is 11.3 Å². The molecule has 160 valence electrons. The first-order valence-electron chi connectivity index (χ1n) is 9.08. The minimum absolute atomic E-state index is 0.0317. The molecule has 3 heterocycles. The fourth-order valence-electron chi connectivity index (χ4n) is 3.40. The lowest BCUT2D eigenvalue weighted by molar-refractivity contribution is -0.0511. The molecule has 12 nitrogen and oxygen atoms in total. The molecule has 2 aromatic heterocycles. The quantitative estimate of drug-likeness (QED) is 0.303. The first kappa shape index (κ1) is 20.1. The summed E-state index contributed by atoms with van der Waals surface area (Å²) in [6.45, 7) is -0.294. The van der Waals surface area contributed by atoms with Gasteiger partial charge in [-0.2, -0.15) is 0 Å². The number of ether oxygens (including phenoxy) is 2. The lowest BCUT2D eigenvalue weighted by Crippen LogP contribution is -2.33. The van der Waals surface area contributed by atoms with E-state index in [1.165, 1.54) is 36.5 Å². The summed E-state index contributed by atoms with van der Waals surface area (Å²) in [6.07, 6.45) is -1.73. The Morgan fingerprint density at radius 3 is 2.67 bits per heavy atom. The summed E-state index contributed by atoms with van der Waals surface area (Å²) >= 11 is 0. The number of benzene rings is 1. The number of aromatic nitrogens is 4. The highest BCUT2D eigenvalue weighted by Crippen LogP contribution is 2.38. The monoisotopic (exact) mass is 419 g/mol. The smallest absolute Gasteiger partial charge is 0.203 e. The molecule has 1 aliphatic rings. The van der Waals surface area contributed by atoms with E-state index >= 15 is 0 Å². The molecule has 4 atom stereocenters. The van der Waals surface area contributed by atoms with Gasteiger partial charge in [0.25, 0.3) is 0 Å². The zero-order chi connectivity index (χ0) is 21.4. The Morgan fingerprint density at radius 1 is 1.17 bits per heavy atom. The molecule has 1 fully saturated rings. The maximum atomic E-state index is 10.3. The van der Waals surface area contributed by atoms with Crippen LogP contribution < -0.4 is 10.1 Å². The summed E-state index contributed by atoms with van der Waals surface area (Å²) < 4.78 is 12.0. The normalized spacial score (nSPS) is 23.7. The van der Waals surface area contributed by atoms with Gasteiger partial charge in [0.1, 0.15) is 24.6 Å². The summed E-state index contributed by atoms with van der Waals surface area (Å²) in [7, 11) is 1.34. The fraction of sp³-hybridized carbons (Fsp3) is 0.389. The molecule has 0 saturated carbocycles. The number of fused-ring (bicyclic) bond motifs is 1. The number of rotatable bonds is 6. The molecule has 0 aliphatic carbocycles. The van der Waals surface area contributed by atoms with Gasteiger partial charge in [0.15, 0.2) is 34.7 Å². The molecule has 4 rings (SSSR count). The predicted octanol–water partition coefficient (Wildman–Crippen LogP) is -0.530. The first-order chi connectivity index (χ1) is 14.5. The van der Waals surface area contributed by atoms with Crippen molar-refractivity contribution < 1.29 is 35.0 Å². The van der Waals surface area contributed by atoms with E-state index in [2.05, 4.69) is 20.3 Å². The van der Waals surface area contributed by atoms with Gasteiger partial charge >= 0.3 is 0 Å². The molecule has 3 aromatic rings. The molecule has 0 unspecified atom stereocenters. The number of aliphatic hydroxyl groups excluding tert-OH is 3. The Kier molecular flexibility index (Phi) is 5.30. The van der Waals surface area contributed by atoms with Gasteiger partial charge in [-0.1, -0.05) is 0 Å². The van der Waals surface area contributed by atoms with Gasteiger partial charge in [0.2, 0.25) is 5.75 Å². The van der Waals surface area contributed by atoms with E-state index in [0.29, 0.717) is 22.5 Å². The molecule has 0 bridgehead atoms. The lowest BCUT2D eigenvalue weighted by atomic mass is 10.1. The fourth-order valence-corrected chi connectivity index (χ4v) is 3.40. The lowest BCUT2D eigenvalue weighted by Gasteiger charge is -2.16. The number of aliphatic hydroxyl groups is 3. The molecule has 1 saturated heterocycles. The average Bonchev–Trinajstić information content (AvgIpc) is 3.29. The van der Waals surface area contributed by atoms with Gasteiger partial charge in [0.05, 0.1) is 20.0 Å². The minimum Gasteiger partial charge on any atom is -0.504 e. The van der Waals surface area contributed by atoms with Gasteiger partial charge in [-0.3, -0.25) is 4.57 Å². The molecule has 6 N–H and O–H groups in total.